The zero-order valence-electron chi connectivity index (χ0n) is 21.8. The van der Waals surface area contributed by atoms with E-state index < -0.39 is 6.15 Å². The van der Waals surface area contributed by atoms with Gasteiger partial charge in [-0.2, -0.15) is 24.9 Å². The van der Waals surface area contributed by atoms with Gasteiger partial charge in [-0.3, -0.25) is 0 Å². The van der Waals surface area contributed by atoms with Crippen molar-refractivity contribution in [3.05, 3.63) is 0 Å². The molecule has 0 rings (SSSR count). The fourth-order valence-electron chi connectivity index (χ4n) is 5.01. The Hall–Kier alpha value is -0.375. The van der Waals surface area contributed by atoms with E-state index in [9.17, 15) is 0 Å². The highest BCUT2D eigenvalue weighted by Crippen LogP contribution is 2.29. The van der Waals surface area contributed by atoms with Crippen molar-refractivity contribution in [2.24, 2.45) is 0 Å². The summed E-state index contributed by atoms with van der Waals surface area (Å²) < 4.78 is 0. The second-order valence-electron chi connectivity index (χ2n) is 10.2. The van der Waals surface area contributed by atoms with Crippen molar-refractivity contribution in [1.82, 2.24) is 0 Å². The van der Waals surface area contributed by atoms with Crippen molar-refractivity contribution < 1.29 is 0 Å². The first-order chi connectivity index (χ1) is 14.7. The molecular weight excluding hydrogens is 359 g/mol. The molecule has 30 heavy (non-hydrogen) atoms. The van der Waals surface area contributed by atoms with Gasteiger partial charge in [0.2, 0.25) is 0 Å². The molecule has 0 unspecified atom stereocenters. The first kappa shape index (κ1) is 29.6. The molecule has 0 spiro atoms. The highest BCUT2D eigenvalue weighted by molar-refractivity contribution is 6.87. The molecule has 0 aliphatic heterocycles. The molecule has 0 atom stereocenters. The number of hydrogen-bond acceptors (Lipinski definition) is 0. The van der Waals surface area contributed by atoms with Crippen LogP contribution in [0.1, 0.15) is 156 Å². The van der Waals surface area contributed by atoms with Crippen LogP contribution in [0.4, 0.5) is 0 Å². The molecule has 0 N–H and O–H groups in total. The van der Waals surface area contributed by atoms with Crippen LogP contribution in [0.25, 0.3) is 0 Å². The molecule has 0 heterocycles. The largest absolute Gasteiger partial charge is 0.315 e. The van der Waals surface area contributed by atoms with Crippen LogP contribution in [0.3, 0.4) is 0 Å². The fraction of sp³-hybridized carbons (Fsp3) is 0.931. The van der Waals surface area contributed by atoms with Crippen LogP contribution in [-0.2, 0) is 0 Å². The van der Waals surface area contributed by atoms with E-state index in [0.717, 1.165) is 6.42 Å². The lowest BCUT2D eigenvalue weighted by Gasteiger charge is -2.35. The molecule has 0 aliphatic rings. The summed E-state index contributed by atoms with van der Waals surface area (Å²) in [6, 6.07) is 0. The Morgan fingerprint density at radius 3 is 1.07 bits per heavy atom. The second kappa shape index (κ2) is 23.3. The Morgan fingerprint density at radius 2 is 0.733 bits per heavy atom. The highest BCUT2D eigenvalue weighted by atomic mass is 14.0. The molecule has 0 radical (unpaired) electrons. The Balaban J connectivity index is 4.73. The zero-order chi connectivity index (χ0) is 22.2. The molecular formula is C29H58B-. The van der Waals surface area contributed by atoms with Crippen molar-refractivity contribution in [3.63, 3.8) is 0 Å². The standard InChI is InChI=1S/C29H58B/c1-5-9-13-16-19-23-27-30(26-22-12-8-4,28-24-20-17-14-10-6-2)29-25-21-18-15-11-7-3/h5-21,23-25,27-29H2,1-4H3/q-1. The Bertz CT molecular complexity index is 348. The van der Waals surface area contributed by atoms with Crippen molar-refractivity contribution >= 4 is 6.15 Å². The number of hydrogen-bond donors (Lipinski definition) is 0. The monoisotopic (exact) mass is 417 g/mol. The van der Waals surface area contributed by atoms with Crippen LogP contribution in [0.2, 0.25) is 19.0 Å². The summed E-state index contributed by atoms with van der Waals surface area (Å²) in [7, 11) is 0. The van der Waals surface area contributed by atoms with Crippen molar-refractivity contribution in [2.45, 2.75) is 175 Å². The second-order valence-corrected chi connectivity index (χ2v) is 10.2. The van der Waals surface area contributed by atoms with Gasteiger partial charge in [0.15, 0.2) is 0 Å². The molecule has 0 aromatic rings. The van der Waals surface area contributed by atoms with Crippen LogP contribution in [-0.4, -0.2) is 6.15 Å². The fourth-order valence-corrected chi connectivity index (χ4v) is 5.01. The van der Waals surface area contributed by atoms with Crippen LogP contribution in [0.5, 0.6) is 0 Å². The molecule has 0 aromatic heterocycles. The van der Waals surface area contributed by atoms with Crippen molar-refractivity contribution in [1.29, 1.82) is 0 Å². The van der Waals surface area contributed by atoms with Gasteiger partial charge in [-0.1, -0.05) is 143 Å². The minimum absolute atomic E-state index is 0.449. The van der Waals surface area contributed by atoms with Crippen LogP contribution in [0, 0.1) is 11.7 Å². The van der Waals surface area contributed by atoms with Gasteiger partial charge in [0, 0.05) is 6.42 Å². The van der Waals surface area contributed by atoms with Crippen LogP contribution >= 0.6 is 0 Å². The molecule has 0 saturated heterocycles. The van der Waals surface area contributed by atoms with E-state index in [4.69, 9.17) is 0 Å². The van der Waals surface area contributed by atoms with Crippen LogP contribution < -0.4 is 0 Å². The molecule has 0 aliphatic carbocycles. The summed E-state index contributed by atoms with van der Waals surface area (Å²) in [5, 5.41) is 0. The van der Waals surface area contributed by atoms with Gasteiger partial charge in [0.05, 0.1) is 6.15 Å². The lowest BCUT2D eigenvalue weighted by atomic mass is 9.19. The maximum Gasteiger partial charge on any atom is 0.0708 e. The summed E-state index contributed by atoms with van der Waals surface area (Å²) in [4.78, 5) is 0. The molecule has 0 nitrogen and oxygen atoms in total. The Kier molecular flexibility index (Phi) is 23.0. The van der Waals surface area contributed by atoms with E-state index in [1.54, 1.807) is 0 Å². The minimum atomic E-state index is -0.449. The summed E-state index contributed by atoms with van der Waals surface area (Å²) in [5.74, 6) is 7.59. The highest BCUT2D eigenvalue weighted by Gasteiger charge is 2.21. The molecule has 0 saturated carbocycles. The van der Waals surface area contributed by atoms with E-state index in [0.29, 0.717) is 0 Å². The summed E-state index contributed by atoms with van der Waals surface area (Å²) in [5.41, 5.74) is 0. The predicted octanol–water partition coefficient (Wildman–Crippen LogP) is 10.9. The molecule has 0 amide bonds. The van der Waals surface area contributed by atoms with Gasteiger partial charge in [-0.05, 0) is 6.42 Å². The topological polar surface area (TPSA) is 0 Å². The maximum atomic E-state index is 3.95. The first-order valence-corrected chi connectivity index (χ1v) is 14.4. The first-order valence-electron chi connectivity index (χ1n) is 14.4. The van der Waals surface area contributed by atoms with E-state index in [-0.39, 0.29) is 0 Å². The van der Waals surface area contributed by atoms with Gasteiger partial charge in [0.25, 0.3) is 0 Å². The summed E-state index contributed by atoms with van der Waals surface area (Å²) >= 11 is 0. The van der Waals surface area contributed by atoms with E-state index in [1.807, 2.05) is 0 Å². The van der Waals surface area contributed by atoms with Gasteiger partial charge in [-0.25, -0.2) is 0 Å². The third-order valence-electron chi connectivity index (χ3n) is 7.11. The van der Waals surface area contributed by atoms with Gasteiger partial charge in [0.1, 0.15) is 0 Å². The molecule has 0 bridgehead atoms. The SMILES string of the molecule is CCCC#C[B-](CCCCCCCC)(CCCCCCCC)CCCCCCCC. The molecule has 0 fully saturated rings. The third-order valence-corrected chi connectivity index (χ3v) is 7.11. The third kappa shape index (κ3) is 18.4. The minimum Gasteiger partial charge on any atom is -0.315 e. The Labute approximate surface area is 193 Å². The number of rotatable bonds is 22. The van der Waals surface area contributed by atoms with E-state index in [1.165, 1.54) is 141 Å². The van der Waals surface area contributed by atoms with E-state index in [2.05, 4.69) is 39.4 Å². The van der Waals surface area contributed by atoms with Gasteiger partial charge < -0.3 is 5.82 Å². The quantitative estimate of drug-likeness (QED) is 0.0933. The van der Waals surface area contributed by atoms with E-state index >= 15 is 0 Å². The number of unbranched alkanes of at least 4 members (excludes halogenated alkanes) is 16. The molecule has 0 aromatic carbocycles. The average Bonchev–Trinajstić information content (AvgIpc) is 2.75. The normalized spacial score (nSPS) is 11.5. The lowest BCUT2D eigenvalue weighted by molar-refractivity contribution is 0.608. The average molecular weight is 418 g/mol. The van der Waals surface area contributed by atoms with Crippen molar-refractivity contribution in [2.75, 3.05) is 0 Å². The van der Waals surface area contributed by atoms with Gasteiger partial charge in [-0.15, -0.1) is 0 Å². The zero-order valence-corrected chi connectivity index (χ0v) is 21.8. The van der Waals surface area contributed by atoms with Crippen molar-refractivity contribution in [3.8, 4) is 11.7 Å². The molecule has 178 valence electrons. The maximum absolute atomic E-state index is 3.95. The summed E-state index contributed by atoms with van der Waals surface area (Å²) in [6.07, 6.45) is 31.7. The molecule has 1 heteroatoms. The summed E-state index contributed by atoms with van der Waals surface area (Å²) in [6.45, 7) is 9.23. The van der Waals surface area contributed by atoms with Gasteiger partial charge >= 0.3 is 0 Å². The lowest BCUT2D eigenvalue weighted by Crippen LogP contribution is -2.32. The Morgan fingerprint density at radius 1 is 0.400 bits per heavy atom. The van der Waals surface area contributed by atoms with Crippen LogP contribution in [0.15, 0.2) is 0 Å². The predicted molar refractivity (Wildman–Crippen MR) is 143 cm³/mol. The smallest absolute Gasteiger partial charge is 0.0708 e.